The van der Waals surface area contributed by atoms with Crippen LogP contribution in [0.3, 0.4) is 0 Å². The Bertz CT molecular complexity index is 1200. The molecule has 9 heteroatoms. The number of carbonyl (C=O) groups excluding carboxylic acids is 2. The summed E-state index contributed by atoms with van der Waals surface area (Å²) >= 11 is 6.03. The van der Waals surface area contributed by atoms with E-state index in [1.165, 1.54) is 4.90 Å². The number of hydrogen-bond acceptors (Lipinski definition) is 4. The summed E-state index contributed by atoms with van der Waals surface area (Å²) in [7, 11) is 0. The number of aromatic amines is 1. The predicted molar refractivity (Wildman–Crippen MR) is 127 cm³/mol. The van der Waals surface area contributed by atoms with Gasteiger partial charge < -0.3 is 25.4 Å². The lowest BCUT2D eigenvalue weighted by atomic mass is 9.95. The Hall–Kier alpha value is -3.36. The maximum Gasteiger partial charge on any atom is 0.306 e. The quantitative estimate of drug-likeness (QED) is 0.384. The van der Waals surface area contributed by atoms with Crippen LogP contribution in [-0.2, 0) is 16.0 Å². The third kappa shape index (κ3) is 5.24. The van der Waals surface area contributed by atoms with Crippen LogP contribution >= 0.6 is 11.6 Å². The monoisotopic (exact) mass is 483 g/mol. The van der Waals surface area contributed by atoms with E-state index in [0.29, 0.717) is 29.8 Å². The average Bonchev–Trinajstić information content (AvgIpc) is 3.26. The van der Waals surface area contributed by atoms with Gasteiger partial charge >= 0.3 is 5.97 Å². The first-order chi connectivity index (χ1) is 16.2. The van der Waals surface area contributed by atoms with E-state index in [9.17, 15) is 24.6 Å². The normalized spacial score (nSPS) is 16.2. The molecule has 0 saturated carbocycles. The Kier molecular flexibility index (Phi) is 6.90. The van der Waals surface area contributed by atoms with Gasteiger partial charge in [-0.05, 0) is 49.1 Å². The summed E-state index contributed by atoms with van der Waals surface area (Å²) in [6, 6.07) is 16.1. The lowest BCUT2D eigenvalue weighted by Gasteiger charge is -2.37. The number of H-pyrrole nitrogens is 1. The number of aliphatic carboxylic acids is 1. The number of halogens is 1. The first-order valence-corrected chi connectivity index (χ1v) is 11.5. The molecule has 8 nitrogen and oxygen atoms in total. The van der Waals surface area contributed by atoms with E-state index in [2.05, 4.69) is 10.3 Å². The molecule has 34 heavy (non-hydrogen) atoms. The van der Waals surface area contributed by atoms with E-state index in [-0.39, 0.29) is 25.2 Å². The molecule has 4 N–H and O–H groups in total. The van der Waals surface area contributed by atoms with Crippen LogP contribution in [0, 0.1) is 5.92 Å². The van der Waals surface area contributed by atoms with E-state index in [0.717, 1.165) is 10.9 Å². The summed E-state index contributed by atoms with van der Waals surface area (Å²) in [4.78, 5) is 42.1. The second-order valence-corrected chi connectivity index (χ2v) is 9.06. The van der Waals surface area contributed by atoms with Gasteiger partial charge in [0.05, 0.1) is 5.92 Å². The average molecular weight is 484 g/mol. The largest absolute Gasteiger partial charge is 0.481 e. The Morgan fingerprint density at radius 3 is 2.47 bits per heavy atom. The Balaban J connectivity index is 1.55. The number of benzene rings is 2. The molecule has 1 aliphatic heterocycles. The van der Waals surface area contributed by atoms with Crippen molar-refractivity contribution in [3.8, 4) is 0 Å². The zero-order valence-corrected chi connectivity index (χ0v) is 19.2. The topological polar surface area (TPSA) is 123 Å². The van der Waals surface area contributed by atoms with Gasteiger partial charge in [-0.2, -0.15) is 0 Å². The number of likely N-dealkylation sites (tertiary alicyclic amines) is 1. The molecule has 2 aromatic carbocycles. The van der Waals surface area contributed by atoms with Gasteiger partial charge in [0.2, 0.25) is 5.72 Å². The summed E-state index contributed by atoms with van der Waals surface area (Å²) in [5, 5.41) is 24.5. The van der Waals surface area contributed by atoms with Crippen LogP contribution in [0.5, 0.6) is 0 Å². The van der Waals surface area contributed by atoms with Crippen molar-refractivity contribution in [2.24, 2.45) is 5.92 Å². The highest BCUT2D eigenvalue weighted by atomic mass is 35.5. The minimum Gasteiger partial charge on any atom is -0.481 e. The van der Waals surface area contributed by atoms with E-state index < -0.39 is 29.4 Å². The molecule has 1 fully saturated rings. The number of aryl methyl sites for hydroxylation is 1. The molecule has 2 amide bonds. The molecule has 1 atom stereocenters. The number of hydrogen-bond donors (Lipinski definition) is 4. The van der Waals surface area contributed by atoms with Crippen molar-refractivity contribution in [2.75, 3.05) is 13.1 Å². The molecule has 178 valence electrons. The summed E-state index contributed by atoms with van der Waals surface area (Å²) in [6.45, 7) is 0.397. The molecule has 0 radical (unpaired) electrons. The second-order valence-electron chi connectivity index (χ2n) is 8.62. The van der Waals surface area contributed by atoms with Crippen LogP contribution in [-0.4, -0.2) is 56.7 Å². The zero-order valence-electron chi connectivity index (χ0n) is 18.5. The maximum atomic E-state index is 13.4. The van der Waals surface area contributed by atoms with Gasteiger partial charge in [0.25, 0.3) is 11.8 Å². The van der Waals surface area contributed by atoms with Gasteiger partial charge in [-0.15, -0.1) is 0 Å². The minimum atomic E-state index is -2.15. The Labute approximate surface area is 201 Å². The van der Waals surface area contributed by atoms with Crippen LogP contribution in [0.1, 0.15) is 35.3 Å². The van der Waals surface area contributed by atoms with Crippen molar-refractivity contribution >= 4 is 40.3 Å². The number of rotatable bonds is 7. The summed E-state index contributed by atoms with van der Waals surface area (Å²) in [6.07, 6.45) is 0.920. The molecule has 0 spiro atoms. The fraction of sp³-hybridized carbons (Fsp3) is 0.320. The Morgan fingerprint density at radius 2 is 1.79 bits per heavy atom. The lowest BCUT2D eigenvalue weighted by molar-refractivity contribution is -0.158. The van der Waals surface area contributed by atoms with Gasteiger partial charge in [-0.3, -0.25) is 14.4 Å². The molecule has 0 unspecified atom stereocenters. The van der Waals surface area contributed by atoms with Gasteiger partial charge in [0.1, 0.15) is 5.69 Å². The summed E-state index contributed by atoms with van der Waals surface area (Å²) in [5.41, 5.74) is -0.358. The van der Waals surface area contributed by atoms with Gasteiger partial charge in [0, 0.05) is 35.4 Å². The fourth-order valence-electron chi connectivity index (χ4n) is 4.26. The van der Waals surface area contributed by atoms with Crippen molar-refractivity contribution in [3.05, 3.63) is 70.9 Å². The molecule has 2 heterocycles. The Morgan fingerprint density at radius 1 is 1.09 bits per heavy atom. The molecule has 1 aromatic heterocycles. The van der Waals surface area contributed by atoms with Crippen molar-refractivity contribution in [1.82, 2.24) is 15.2 Å². The van der Waals surface area contributed by atoms with E-state index in [4.69, 9.17) is 11.6 Å². The summed E-state index contributed by atoms with van der Waals surface area (Å²) < 4.78 is 0. The molecule has 3 aromatic rings. The van der Waals surface area contributed by atoms with Gasteiger partial charge in [-0.1, -0.05) is 41.9 Å². The smallest absolute Gasteiger partial charge is 0.306 e. The number of fused-ring (bicyclic) bond motifs is 1. The molecule has 4 rings (SSSR count). The second kappa shape index (κ2) is 9.87. The highest BCUT2D eigenvalue weighted by Gasteiger charge is 2.42. The third-order valence-electron chi connectivity index (χ3n) is 6.25. The van der Waals surface area contributed by atoms with Crippen molar-refractivity contribution in [2.45, 2.75) is 31.4 Å². The zero-order chi connectivity index (χ0) is 24.3. The maximum absolute atomic E-state index is 13.4. The number of nitrogens with zero attached hydrogens (tertiary/aromatic N) is 1. The molecular formula is C25H26ClN3O5. The fourth-order valence-corrected chi connectivity index (χ4v) is 4.45. The number of nitrogens with one attached hydrogen (secondary N) is 2. The van der Waals surface area contributed by atoms with Crippen LogP contribution in [0.2, 0.25) is 5.02 Å². The number of piperidine rings is 1. The lowest BCUT2D eigenvalue weighted by Crippen LogP contribution is -2.61. The van der Waals surface area contributed by atoms with Crippen LogP contribution in [0.15, 0.2) is 54.6 Å². The van der Waals surface area contributed by atoms with Crippen LogP contribution in [0.4, 0.5) is 0 Å². The third-order valence-corrected chi connectivity index (χ3v) is 6.49. The predicted octanol–water partition coefficient (Wildman–Crippen LogP) is 3.20. The number of carbonyl (C=O) groups is 3. The van der Waals surface area contributed by atoms with Gasteiger partial charge in [0.15, 0.2) is 0 Å². The molecule has 0 bridgehead atoms. The van der Waals surface area contributed by atoms with Crippen molar-refractivity contribution < 1.29 is 24.6 Å². The standard InChI is InChI=1S/C25H26ClN3O5/c26-19-6-7-20-18(14-19)15-21(27-20)22(30)28-25(34,11-8-16-4-2-1-3-5-16)24(33)29-12-9-17(10-13-29)23(31)32/h1-7,14-15,17,27,34H,8-13H2,(H,28,30)(H,31,32)/t25-/m1/s1. The first-order valence-electron chi connectivity index (χ1n) is 11.1. The number of aromatic nitrogens is 1. The van der Waals surface area contributed by atoms with Crippen LogP contribution < -0.4 is 5.32 Å². The highest BCUT2D eigenvalue weighted by Crippen LogP contribution is 2.24. The number of carboxylic acid groups (broad SMARTS) is 1. The molecule has 1 aliphatic rings. The molecule has 0 aliphatic carbocycles. The highest BCUT2D eigenvalue weighted by molar-refractivity contribution is 6.31. The van der Waals surface area contributed by atoms with Gasteiger partial charge in [-0.25, -0.2) is 0 Å². The SMILES string of the molecule is O=C(N[C@@](O)(CCc1ccccc1)C(=O)N1CCC(C(=O)O)CC1)c1cc2cc(Cl)ccc2[nH]1. The van der Waals surface area contributed by atoms with E-state index in [1.54, 1.807) is 24.3 Å². The number of carboxylic acids is 1. The molecular weight excluding hydrogens is 458 g/mol. The number of amides is 2. The van der Waals surface area contributed by atoms with Crippen molar-refractivity contribution in [1.29, 1.82) is 0 Å². The van der Waals surface area contributed by atoms with E-state index in [1.807, 2.05) is 30.3 Å². The first kappa shape index (κ1) is 23.8. The summed E-state index contributed by atoms with van der Waals surface area (Å²) in [5.74, 6) is -2.68. The molecule has 1 saturated heterocycles. The van der Waals surface area contributed by atoms with E-state index >= 15 is 0 Å². The van der Waals surface area contributed by atoms with Crippen molar-refractivity contribution in [3.63, 3.8) is 0 Å². The number of aliphatic hydroxyl groups is 1. The van der Waals surface area contributed by atoms with Crippen LogP contribution in [0.25, 0.3) is 10.9 Å². The minimum absolute atomic E-state index is 0.0352.